The number of aromatic nitrogens is 1. The molecule has 0 bridgehead atoms. The van der Waals surface area contributed by atoms with Crippen molar-refractivity contribution in [2.24, 2.45) is 0 Å². The summed E-state index contributed by atoms with van der Waals surface area (Å²) in [4.78, 5) is 58.2. The van der Waals surface area contributed by atoms with Crippen molar-refractivity contribution in [3.8, 4) is 0 Å². The Bertz CT molecular complexity index is 1160. The molecule has 1 aromatic carbocycles. The average Bonchev–Trinajstić information content (AvgIpc) is 3.69. The first-order valence-electron chi connectivity index (χ1n) is 12.9. The highest BCUT2D eigenvalue weighted by molar-refractivity contribution is 5.95. The lowest BCUT2D eigenvalue weighted by molar-refractivity contribution is -0.149. The molecule has 3 fully saturated rings. The van der Waals surface area contributed by atoms with Crippen LogP contribution in [0.5, 0.6) is 0 Å². The molecular weight excluding hydrogens is 462 g/mol. The van der Waals surface area contributed by atoms with Crippen LogP contribution in [0.4, 0.5) is 0 Å². The van der Waals surface area contributed by atoms with Gasteiger partial charge in [0.25, 0.3) is 0 Å². The van der Waals surface area contributed by atoms with Gasteiger partial charge in [-0.15, -0.1) is 0 Å². The number of hydrogen-bond acceptors (Lipinski definition) is 5. The van der Waals surface area contributed by atoms with Crippen molar-refractivity contribution < 1.29 is 24.3 Å². The molecule has 0 radical (unpaired) electrons. The molecule has 0 saturated carbocycles. The quantitative estimate of drug-likeness (QED) is 0.453. The number of fused-ring (bicyclic) bond motifs is 1. The molecule has 4 unspecified atom stereocenters. The highest BCUT2D eigenvalue weighted by Gasteiger charge is 2.41. The summed E-state index contributed by atoms with van der Waals surface area (Å²) in [5.74, 6) is -1.85. The Morgan fingerprint density at radius 1 is 1.00 bits per heavy atom. The Balaban J connectivity index is 1.38. The zero-order valence-electron chi connectivity index (χ0n) is 20.2. The predicted octanol–water partition coefficient (Wildman–Crippen LogP) is 1.01. The van der Waals surface area contributed by atoms with Gasteiger partial charge in [0.1, 0.15) is 18.1 Å². The van der Waals surface area contributed by atoms with E-state index in [0.29, 0.717) is 32.4 Å². The molecule has 5 rings (SSSR count). The fraction of sp³-hybridized carbons (Fsp3) is 0.538. The van der Waals surface area contributed by atoms with Gasteiger partial charge < -0.3 is 30.5 Å². The standard InChI is InChI=1S/C26H33N5O5/c32-23(21-9-4-12-30(21)24(33)19-8-3-11-27-19)29-20(25(34)31-13-5-10-22(31)26(35)36)14-16-15-28-18-7-2-1-6-17(16)18/h1-2,6-7,15,19-22,27-28H,3-5,8-14H2,(H,29,32)(H,35,36). The van der Waals surface area contributed by atoms with E-state index in [9.17, 15) is 24.3 Å². The normalized spacial score (nSPS) is 24.8. The molecule has 3 saturated heterocycles. The number of carbonyl (C=O) groups excluding carboxylic acids is 3. The van der Waals surface area contributed by atoms with Crippen LogP contribution in [-0.2, 0) is 25.6 Å². The highest BCUT2D eigenvalue weighted by Crippen LogP contribution is 2.25. The minimum Gasteiger partial charge on any atom is -0.480 e. The number of aliphatic carboxylic acids is 1. The fourth-order valence-corrected chi connectivity index (χ4v) is 5.87. The number of carbonyl (C=O) groups is 4. The van der Waals surface area contributed by atoms with Crippen LogP contribution in [0.2, 0.25) is 0 Å². The lowest BCUT2D eigenvalue weighted by atomic mass is 10.0. The van der Waals surface area contributed by atoms with Crippen LogP contribution in [0.25, 0.3) is 10.9 Å². The molecule has 10 nitrogen and oxygen atoms in total. The summed E-state index contributed by atoms with van der Waals surface area (Å²) in [5.41, 5.74) is 1.79. The van der Waals surface area contributed by atoms with Crippen molar-refractivity contribution in [2.45, 2.75) is 69.1 Å². The summed E-state index contributed by atoms with van der Waals surface area (Å²) in [7, 11) is 0. The second-order valence-electron chi connectivity index (χ2n) is 9.99. The van der Waals surface area contributed by atoms with Crippen LogP contribution in [0.15, 0.2) is 30.5 Å². The maximum Gasteiger partial charge on any atom is 0.326 e. The zero-order chi connectivity index (χ0) is 25.2. The summed E-state index contributed by atoms with van der Waals surface area (Å²) in [6.45, 7) is 1.66. The molecule has 2 aromatic rings. The summed E-state index contributed by atoms with van der Waals surface area (Å²) in [6.07, 6.45) is 6.02. The van der Waals surface area contributed by atoms with Gasteiger partial charge in [-0.1, -0.05) is 18.2 Å². The Kier molecular flexibility index (Phi) is 6.95. The van der Waals surface area contributed by atoms with Crippen molar-refractivity contribution in [2.75, 3.05) is 19.6 Å². The van der Waals surface area contributed by atoms with Crippen molar-refractivity contribution in [3.63, 3.8) is 0 Å². The first kappa shape index (κ1) is 24.3. The van der Waals surface area contributed by atoms with Gasteiger partial charge in [-0.3, -0.25) is 14.4 Å². The number of carboxylic acids is 1. The molecule has 3 aliphatic heterocycles. The van der Waals surface area contributed by atoms with Crippen molar-refractivity contribution in [3.05, 3.63) is 36.0 Å². The number of carboxylic acid groups (broad SMARTS) is 1. The third-order valence-corrected chi connectivity index (χ3v) is 7.73. The molecule has 4 N–H and O–H groups in total. The molecule has 36 heavy (non-hydrogen) atoms. The van der Waals surface area contributed by atoms with Gasteiger partial charge in [-0.2, -0.15) is 0 Å². The third kappa shape index (κ3) is 4.69. The van der Waals surface area contributed by atoms with Gasteiger partial charge in [-0.05, 0) is 56.7 Å². The zero-order valence-corrected chi connectivity index (χ0v) is 20.2. The van der Waals surface area contributed by atoms with E-state index >= 15 is 0 Å². The summed E-state index contributed by atoms with van der Waals surface area (Å²) in [6, 6.07) is 5.00. The van der Waals surface area contributed by atoms with Crippen molar-refractivity contribution in [1.82, 2.24) is 25.4 Å². The summed E-state index contributed by atoms with van der Waals surface area (Å²) >= 11 is 0. The molecule has 1 aromatic heterocycles. The summed E-state index contributed by atoms with van der Waals surface area (Å²) in [5, 5.41) is 16.7. The van der Waals surface area contributed by atoms with E-state index in [1.807, 2.05) is 30.5 Å². The number of benzene rings is 1. The SMILES string of the molecule is O=C(O)C1CCCN1C(=O)C(Cc1c[nH]c2ccccc12)NC(=O)C1CCCN1C(=O)C1CCCN1. The number of likely N-dealkylation sites (tertiary alicyclic amines) is 2. The number of hydrogen-bond donors (Lipinski definition) is 4. The molecule has 192 valence electrons. The molecule has 3 aliphatic rings. The van der Waals surface area contributed by atoms with E-state index < -0.39 is 30.0 Å². The topological polar surface area (TPSA) is 135 Å². The average molecular weight is 496 g/mol. The Morgan fingerprint density at radius 3 is 2.50 bits per heavy atom. The lowest BCUT2D eigenvalue weighted by Crippen LogP contribution is -2.57. The van der Waals surface area contributed by atoms with Gasteiger partial charge in [0.15, 0.2) is 0 Å². The molecule has 4 atom stereocenters. The first-order chi connectivity index (χ1) is 17.4. The number of nitrogens with zero attached hydrogens (tertiary/aromatic N) is 2. The molecular formula is C26H33N5O5. The Morgan fingerprint density at radius 2 is 1.75 bits per heavy atom. The van der Waals surface area contributed by atoms with Crippen LogP contribution in [0, 0.1) is 0 Å². The van der Waals surface area contributed by atoms with E-state index in [-0.39, 0.29) is 24.3 Å². The van der Waals surface area contributed by atoms with E-state index in [4.69, 9.17) is 0 Å². The van der Waals surface area contributed by atoms with Crippen LogP contribution in [-0.4, -0.2) is 87.4 Å². The second kappa shape index (κ2) is 10.3. The smallest absolute Gasteiger partial charge is 0.326 e. The third-order valence-electron chi connectivity index (χ3n) is 7.73. The minimum absolute atomic E-state index is 0.0601. The van der Waals surface area contributed by atoms with Crippen LogP contribution in [0.3, 0.4) is 0 Å². The monoisotopic (exact) mass is 495 g/mol. The van der Waals surface area contributed by atoms with Gasteiger partial charge in [-0.25, -0.2) is 4.79 Å². The fourth-order valence-electron chi connectivity index (χ4n) is 5.87. The van der Waals surface area contributed by atoms with E-state index in [0.717, 1.165) is 42.3 Å². The molecule has 0 spiro atoms. The maximum absolute atomic E-state index is 13.6. The summed E-state index contributed by atoms with van der Waals surface area (Å²) < 4.78 is 0. The van der Waals surface area contributed by atoms with Crippen LogP contribution < -0.4 is 10.6 Å². The van der Waals surface area contributed by atoms with Crippen molar-refractivity contribution >= 4 is 34.6 Å². The van der Waals surface area contributed by atoms with Gasteiger partial charge >= 0.3 is 5.97 Å². The molecule has 3 amide bonds. The number of H-pyrrole nitrogens is 1. The van der Waals surface area contributed by atoms with Gasteiger partial charge in [0, 0.05) is 36.6 Å². The Labute approximate surface area is 209 Å². The highest BCUT2D eigenvalue weighted by atomic mass is 16.4. The minimum atomic E-state index is -1.03. The number of nitrogens with one attached hydrogen (secondary N) is 3. The Hall–Kier alpha value is -3.40. The predicted molar refractivity (Wildman–Crippen MR) is 132 cm³/mol. The van der Waals surface area contributed by atoms with E-state index in [1.165, 1.54) is 4.90 Å². The lowest BCUT2D eigenvalue weighted by Gasteiger charge is -2.30. The van der Waals surface area contributed by atoms with Crippen LogP contribution in [0.1, 0.15) is 44.1 Å². The van der Waals surface area contributed by atoms with E-state index in [1.54, 1.807) is 4.90 Å². The van der Waals surface area contributed by atoms with Gasteiger partial charge in [0.2, 0.25) is 17.7 Å². The number of amides is 3. The number of rotatable bonds is 7. The molecule has 0 aliphatic carbocycles. The van der Waals surface area contributed by atoms with Crippen molar-refractivity contribution in [1.29, 1.82) is 0 Å². The number of aromatic amines is 1. The molecule has 4 heterocycles. The largest absolute Gasteiger partial charge is 0.480 e. The first-order valence-corrected chi connectivity index (χ1v) is 12.9. The van der Waals surface area contributed by atoms with Gasteiger partial charge in [0.05, 0.1) is 6.04 Å². The van der Waals surface area contributed by atoms with E-state index in [2.05, 4.69) is 15.6 Å². The second-order valence-corrected chi connectivity index (χ2v) is 9.99. The molecule has 10 heteroatoms. The van der Waals surface area contributed by atoms with Crippen LogP contribution >= 0.6 is 0 Å². The number of para-hydroxylation sites is 1. The maximum atomic E-state index is 13.6.